The van der Waals surface area contributed by atoms with Gasteiger partial charge in [0, 0.05) is 18.3 Å². The van der Waals surface area contributed by atoms with E-state index in [1.165, 1.54) is 12.1 Å². The van der Waals surface area contributed by atoms with E-state index < -0.39 is 6.10 Å². The monoisotopic (exact) mass is 342 g/mol. The van der Waals surface area contributed by atoms with Crippen molar-refractivity contribution < 1.29 is 18.7 Å². The van der Waals surface area contributed by atoms with Crippen molar-refractivity contribution in [1.82, 2.24) is 0 Å². The third kappa shape index (κ3) is 3.63. The predicted octanol–water partition coefficient (Wildman–Crippen LogP) is 3.14. The Hall–Kier alpha value is -2.89. The summed E-state index contributed by atoms with van der Waals surface area (Å²) in [5, 5.41) is 2.80. The first-order valence-electron chi connectivity index (χ1n) is 8.14. The van der Waals surface area contributed by atoms with Gasteiger partial charge in [0.25, 0.3) is 5.91 Å². The van der Waals surface area contributed by atoms with Crippen LogP contribution in [0.5, 0.6) is 5.75 Å². The molecule has 1 aliphatic heterocycles. The maximum atomic E-state index is 12.9. The number of halogens is 1. The minimum Gasteiger partial charge on any atom is -0.479 e. The summed E-state index contributed by atoms with van der Waals surface area (Å²) < 4.78 is 18.6. The fourth-order valence-electron chi connectivity index (χ4n) is 2.81. The molecule has 0 spiro atoms. The number of rotatable bonds is 4. The lowest BCUT2D eigenvalue weighted by Gasteiger charge is -2.32. The third-order valence-electron chi connectivity index (χ3n) is 4.05. The van der Waals surface area contributed by atoms with Crippen LogP contribution in [0.2, 0.25) is 0 Å². The zero-order valence-electron chi connectivity index (χ0n) is 14.1. The molecule has 0 bridgehead atoms. The van der Waals surface area contributed by atoms with Gasteiger partial charge in [0.05, 0.1) is 12.1 Å². The first kappa shape index (κ1) is 17.0. The van der Waals surface area contributed by atoms with Gasteiger partial charge in [-0.2, -0.15) is 0 Å². The molecule has 2 aromatic carbocycles. The quantitative estimate of drug-likeness (QED) is 0.929. The molecular weight excluding hydrogens is 323 g/mol. The smallest absolute Gasteiger partial charge is 0.267 e. The Kier molecular flexibility index (Phi) is 4.70. The van der Waals surface area contributed by atoms with Gasteiger partial charge >= 0.3 is 0 Å². The normalized spacial score (nSPS) is 16.2. The second-order valence-corrected chi connectivity index (χ2v) is 5.88. The zero-order valence-corrected chi connectivity index (χ0v) is 14.1. The summed E-state index contributed by atoms with van der Waals surface area (Å²) in [6.45, 7) is 4.15. The Morgan fingerprint density at radius 2 is 1.96 bits per heavy atom. The summed E-state index contributed by atoms with van der Waals surface area (Å²) in [6.07, 6.45) is -0.411. The minimum atomic E-state index is -0.558. The molecule has 6 heteroatoms. The standard InChI is InChI=1S/C19H19FN2O3/c1-3-22-16-9-8-15(11-17(16)25-12(2)19(22)24)21-18(23)10-13-4-6-14(20)7-5-13/h4-9,11-12H,3,10H2,1-2H3,(H,21,23). The molecule has 0 saturated heterocycles. The Labute approximate surface area is 145 Å². The molecule has 0 radical (unpaired) electrons. The summed E-state index contributed by atoms with van der Waals surface area (Å²) in [5.74, 6) is -0.0596. The van der Waals surface area contributed by atoms with Crippen molar-refractivity contribution in [3.8, 4) is 5.75 Å². The van der Waals surface area contributed by atoms with Crippen molar-refractivity contribution in [2.45, 2.75) is 26.4 Å². The summed E-state index contributed by atoms with van der Waals surface area (Å²) >= 11 is 0. The van der Waals surface area contributed by atoms with Crippen molar-refractivity contribution in [2.75, 3.05) is 16.8 Å². The van der Waals surface area contributed by atoms with Crippen LogP contribution in [0.4, 0.5) is 15.8 Å². The first-order valence-corrected chi connectivity index (χ1v) is 8.14. The molecule has 0 fully saturated rings. The lowest BCUT2D eigenvalue weighted by atomic mass is 10.1. The van der Waals surface area contributed by atoms with Crippen LogP contribution in [0.1, 0.15) is 19.4 Å². The highest BCUT2D eigenvalue weighted by atomic mass is 19.1. The average molecular weight is 342 g/mol. The van der Waals surface area contributed by atoms with E-state index in [2.05, 4.69) is 5.32 Å². The number of hydrogen-bond acceptors (Lipinski definition) is 3. The van der Waals surface area contributed by atoms with E-state index in [1.807, 2.05) is 6.92 Å². The molecule has 130 valence electrons. The van der Waals surface area contributed by atoms with Crippen molar-refractivity contribution in [3.05, 3.63) is 53.8 Å². The van der Waals surface area contributed by atoms with Crippen LogP contribution < -0.4 is 15.0 Å². The van der Waals surface area contributed by atoms with Crippen molar-refractivity contribution >= 4 is 23.2 Å². The van der Waals surface area contributed by atoms with Crippen LogP contribution in [0, 0.1) is 5.82 Å². The minimum absolute atomic E-state index is 0.0805. The fraction of sp³-hybridized carbons (Fsp3) is 0.263. The molecule has 2 amide bonds. The molecule has 25 heavy (non-hydrogen) atoms. The molecule has 0 saturated carbocycles. The van der Waals surface area contributed by atoms with Crippen LogP contribution in [0.25, 0.3) is 0 Å². The van der Waals surface area contributed by atoms with Gasteiger partial charge in [-0.05, 0) is 43.7 Å². The SMILES string of the molecule is CCN1C(=O)C(C)Oc2cc(NC(=O)Cc3ccc(F)cc3)ccc21. The maximum absolute atomic E-state index is 12.9. The number of anilines is 2. The van der Waals surface area contributed by atoms with Gasteiger partial charge < -0.3 is 15.0 Å². The van der Waals surface area contributed by atoms with Crippen molar-refractivity contribution in [2.24, 2.45) is 0 Å². The molecule has 0 aliphatic carbocycles. The number of amides is 2. The predicted molar refractivity (Wildman–Crippen MR) is 93.3 cm³/mol. The molecule has 1 unspecified atom stereocenters. The van der Waals surface area contributed by atoms with E-state index in [9.17, 15) is 14.0 Å². The Morgan fingerprint density at radius 3 is 2.64 bits per heavy atom. The second-order valence-electron chi connectivity index (χ2n) is 5.88. The molecule has 2 aromatic rings. The van der Waals surface area contributed by atoms with Crippen molar-refractivity contribution in [3.63, 3.8) is 0 Å². The highest BCUT2D eigenvalue weighted by Crippen LogP contribution is 2.36. The molecule has 1 atom stereocenters. The fourth-order valence-corrected chi connectivity index (χ4v) is 2.81. The number of hydrogen-bond donors (Lipinski definition) is 1. The summed E-state index contributed by atoms with van der Waals surface area (Å²) in [4.78, 5) is 25.9. The second kappa shape index (κ2) is 6.93. The number of nitrogens with zero attached hydrogens (tertiary/aromatic N) is 1. The molecule has 1 aliphatic rings. The highest BCUT2D eigenvalue weighted by molar-refractivity contribution is 6.00. The number of carbonyl (C=O) groups excluding carboxylic acids is 2. The summed E-state index contributed by atoms with van der Waals surface area (Å²) in [6, 6.07) is 11.0. The van der Waals surface area contributed by atoms with Crippen molar-refractivity contribution in [1.29, 1.82) is 0 Å². The van der Waals surface area contributed by atoms with Gasteiger partial charge in [0.2, 0.25) is 5.91 Å². The van der Waals surface area contributed by atoms with E-state index in [0.717, 1.165) is 5.56 Å². The molecule has 5 nitrogen and oxygen atoms in total. The summed E-state index contributed by atoms with van der Waals surface area (Å²) in [5.41, 5.74) is 2.01. The third-order valence-corrected chi connectivity index (χ3v) is 4.05. The Morgan fingerprint density at radius 1 is 1.24 bits per heavy atom. The molecule has 1 N–H and O–H groups in total. The molecule has 0 aromatic heterocycles. The molecule has 3 rings (SSSR count). The van der Waals surface area contributed by atoms with E-state index in [-0.39, 0.29) is 24.1 Å². The van der Waals surface area contributed by atoms with Crippen LogP contribution in [-0.2, 0) is 16.0 Å². The largest absolute Gasteiger partial charge is 0.479 e. The summed E-state index contributed by atoms with van der Waals surface area (Å²) in [7, 11) is 0. The number of carbonyl (C=O) groups is 2. The van der Waals surface area contributed by atoms with Gasteiger partial charge in [-0.1, -0.05) is 12.1 Å². The number of nitrogens with one attached hydrogen (secondary N) is 1. The van der Waals surface area contributed by atoms with Gasteiger partial charge in [0.15, 0.2) is 6.10 Å². The first-order chi connectivity index (χ1) is 12.0. The van der Waals surface area contributed by atoms with E-state index >= 15 is 0 Å². The Bertz CT molecular complexity index is 805. The molecular formula is C19H19FN2O3. The Balaban J connectivity index is 1.74. The van der Waals surface area contributed by atoms with Gasteiger partial charge in [0.1, 0.15) is 11.6 Å². The maximum Gasteiger partial charge on any atom is 0.267 e. The zero-order chi connectivity index (χ0) is 18.0. The van der Waals surface area contributed by atoms with E-state index in [1.54, 1.807) is 42.2 Å². The van der Waals surface area contributed by atoms with Gasteiger partial charge in [-0.15, -0.1) is 0 Å². The number of ether oxygens (including phenoxy) is 1. The topological polar surface area (TPSA) is 58.6 Å². The highest BCUT2D eigenvalue weighted by Gasteiger charge is 2.30. The lowest BCUT2D eigenvalue weighted by Crippen LogP contribution is -2.44. The van der Waals surface area contributed by atoms with Crippen LogP contribution >= 0.6 is 0 Å². The van der Waals surface area contributed by atoms with Crippen LogP contribution in [-0.4, -0.2) is 24.5 Å². The average Bonchev–Trinajstić information content (AvgIpc) is 2.58. The van der Waals surface area contributed by atoms with E-state index in [4.69, 9.17) is 4.74 Å². The lowest BCUT2D eigenvalue weighted by molar-refractivity contribution is -0.125. The van der Waals surface area contributed by atoms with Crippen LogP contribution in [0.15, 0.2) is 42.5 Å². The van der Waals surface area contributed by atoms with Gasteiger partial charge in [-0.3, -0.25) is 9.59 Å². The number of benzene rings is 2. The van der Waals surface area contributed by atoms with Gasteiger partial charge in [-0.25, -0.2) is 4.39 Å². The van der Waals surface area contributed by atoms with E-state index in [0.29, 0.717) is 23.7 Å². The number of likely N-dealkylation sites (N-methyl/N-ethyl adjacent to an activating group) is 1. The van der Waals surface area contributed by atoms with Crippen LogP contribution in [0.3, 0.4) is 0 Å². The molecule has 1 heterocycles. The number of fused-ring (bicyclic) bond motifs is 1.